The summed E-state index contributed by atoms with van der Waals surface area (Å²) < 4.78 is 0. The predicted octanol–water partition coefficient (Wildman–Crippen LogP) is 5.13. The molecule has 2 spiro atoms. The summed E-state index contributed by atoms with van der Waals surface area (Å²) in [5.74, 6) is 2.32. The lowest BCUT2D eigenvalue weighted by molar-refractivity contribution is 0.850. The summed E-state index contributed by atoms with van der Waals surface area (Å²) in [6.07, 6.45) is 11.3. The van der Waals surface area contributed by atoms with Gasteiger partial charge in [-0.15, -0.1) is 0 Å². The van der Waals surface area contributed by atoms with E-state index in [2.05, 4.69) is 75.2 Å². The van der Waals surface area contributed by atoms with Crippen LogP contribution in [0.25, 0.3) is 44.3 Å². The van der Waals surface area contributed by atoms with Gasteiger partial charge in [0.25, 0.3) is 0 Å². The quantitative estimate of drug-likeness (QED) is 0.153. The lowest BCUT2D eigenvalue weighted by Gasteiger charge is -2.10. The Kier molecular flexibility index (Phi) is 5.23. The van der Waals surface area contributed by atoms with Crippen LogP contribution in [-0.4, -0.2) is 52.4 Å². The van der Waals surface area contributed by atoms with Gasteiger partial charge in [-0.2, -0.15) is 20.2 Å². The molecule has 0 aliphatic heterocycles. The van der Waals surface area contributed by atoms with Gasteiger partial charge in [-0.05, 0) is 85.8 Å². The van der Waals surface area contributed by atoms with Crippen molar-refractivity contribution in [3.05, 3.63) is 60.9 Å². The van der Waals surface area contributed by atoms with Crippen molar-refractivity contribution in [1.29, 1.82) is 0 Å². The fraction of sp³-hybridized carbons (Fsp3) is 0.312. The van der Waals surface area contributed by atoms with Gasteiger partial charge in [0, 0.05) is 46.4 Å². The third kappa shape index (κ3) is 4.45. The number of fused-ring (bicyclic) bond motifs is 2. The first-order valence-electron chi connectivity index (χ1n) is 15.1. The Hall–Kier alpha value is -5.26. The maximum absolute atomic E-state index is 5.89. The molecule has 44 heavy (non-hydrogen) atoms. The highest BCUT2D eigenvalue weighted by atomic mass is 15.1. The molecular formula is C32H32N12. The highest BCUT2D eigenvalue weighted by molar-refractivity contribution is 5.94. The van der Waals surface area contributed by atoms with Crippen molar-refractivity contribution in [2.45, 2.75) is 50.6 Å². The summed E-state index contributed by atoms with van der Waals surface area (Å²) in [6.45, 7) is 0. The van der Waals surface area contributed by atoms with E-state index in [0.29, 0.717) is 34.8 Å². The second-order valence-electron chi connectivity index (χ2n) is 12.8. The number of rotatable bonds is 6. The SMILES string of the molecule is Nc1nc(N[C@@H]2CC23CC3)c2ccc(-c3ccn[nH]3)cc2n1.Nc1nc(N[C@H]2CC23CC3)c2ccc(-c3ccn[nH]3)cc2n1. The number of hydrogen-bond acceptors (Lipinski definition) is 10. The number of nitrogens with one attached hydrogen (secondary N) is 4. The summed E-state index contributed by atoms with van der Waals surface area (Å²) in [5.41, 5.74) is 18.6. The van der Waals surface area contributed by atoms with E-state index in [1.54, 1.807) is 12.4 Å². The largest absolute Gasteiger partial charge is 0.368 e. The summed E-state index contributed by atoms with van der Waals surface area (Å²) in [7, 11) is 0. The zero-order valence-corrected chi connectivity index (χ0v) is 24.0. The van der Waals surface area contributed by atoms with Gasteiger partial charge in [0.1, 0.15) is 11.6 Å². The zero-order valence-electron chi connectivity index (χ0n) is 24.0. The van der Waals surface area contributed by atoms with Crippen LogP contribution in [0, 0.1) is 10.8 Å². The van der Waals surface area contributed by atoms with E-state index in [9.17, 15) is 0 Å². The van der Waals surface area contributed by atoms with Crippen LogP contribution in [0.5, 0.6) is 0 Å². The summed E-state index contributed by atoms with van der Waals surface area (Å²) in [6, 6.07) is 17.2. The van der Waals surface area contributed by atoms with Crippen molar-refractivity contribution < 1.29 is 0 Å². The molecule has 220 valence electrons. The number of nitrogen functional groups attached to an aromatic ring is 2. The normalized spacial score (nSPS) is 21.2. The third-order valence-electron chi connectivity index (χ3n) is 9.84. The molecule has 4 heterocycles. The van der Waals surface area contributed by atoms with Gasteiger partial charge in [-0.3, -0.25) is 10.2 Å². The molecule has 10 rings (SSSR count). The monoisotopic (exact) mass is 584 g/mol. The van der Waals surface area contributed by atoms with Crippen molar-refractivity contribution in [3.63, 3.8) is 0 Å². The van der Waals surface area contributed by atoms with Crippen LogP contribution in [0.3, 0.4) is 0 Å². The number of aromatic nitrogens is 8. The molecule has 0 saturated heterocycles. The number of benzene rings is 2. The van der Waals surface area contributed by atoms with Crippen LogP contribution < -0.4 is 22.1 Å². The fourth-order valence-corrected chi connectivity index (χ4v) is 6.54. The minimum atomic E-state index is 0.308. The summed E-state index contributed by atoms with van der Waals surface area (Å²) in [5, 5.41) is 23.1. The van der Waals surface area contributed by atoms with E-state index in [1.807, 2.05) is 24.3 Å². The molecule has 4 aliphatic carbocycles. The van der Waals surface area contributed by atoms with Crippen molar-refractivity contribution in [2.75, 3.05) is 22.1 Å². The van der Waals surface area contributed by atoms with Gasteiger partial charge in [0.15, 0.2) is 0 Å². The number of hydrogen-bond donors (Lipinski definition) is 6. The molecule has 8 N–H and O–H groups in total. The first-order chi connectivity index (χ1) is 21.5. The molecular weight excluding hydrogens is 552 g/mol. The van der Waals surface area contributed by atoms with E-state index in [1.165, 1.54) is 38.5 Å². The summed E-state index contributed by atoms with van der Waals surface area (Å²) in [4.78, 5) is 17.6. The van der Waals surface area contributed by atoms with Gasteiger partial charge in [-0.25, -0.2) is 9.97 Å². The van der Waals surface area contributed by atoms with Crippen LogP contribution in [0.2, 0.25) is 0 Å². The molecule has 2 aromatic carbocycles. The number of anilines is 4. The predicted molar refractivity (Wildman–Crippen MR) is 170 cm³/mol. The van der Waals surface area contributed by atoms with Gasteiger partial charge in [0.2, 0.25) is 11.9 Å². The molecule has 12 heteroatoms. The van der Waals surface area contributed by atoms with Crippen LogP contribution in [0.4, 0.5) is 23.5 Å². The number of nitrogens with two attached hydrogens (primary N) is 2. The highest BCUT2D eigenvalue weighted by Gasteiger charge is 2.63. The Morgan fingerprint density at radius 2 is 1.07 bits per heavy atom. The molecule has 6 aromatic rings. The van der Waals surface area contributed by atoms with Crippen molar-refractivity contribution in [3.8, 4) is 22.5 Å². The molecule has 4 fully saturated rings. The average Bonchev–Trinajstić information content (AvgIpc) is 4.01. The van der Waals surface area contributed by atoms with Crippen LogP contribution in [0.1, 0.15) is 38.5 Å². The topological polar surface area (TPSA) is 185 Å². The Balaban J connectivity index is 0.000000123. The lowest BCUT2D eigenvalue weighted by atomic mass is 10.1. The smallest absolute Gasteiger partial charge is 0.222 e. The second-order valence-corrected chi connectivity index (χ2v) is 12.8. The lowest BCUT2D eigenvalue weighted by Crippen LogP contribution is -2.09. The van der Waals surface area contributed by atoms with Crippen molar-refractivity contribution >= 4 is 45.3 Å². The fourth-order valence-electron chi connectivity index (χ4n) is 6.54. The number of nitrogens with zero attached hydrogens (tertiary/aromatic N) is 6. The molecule has 0 bridgehead atoms. The van der Waals surface area contributed by atoms with Gasteiger partial charge in [0.05, 0.1) is 22.4 Å². The number of aromatic amines is 2. The second kappa shape index (κ2) is 9.12. The first-order valence-corrected chi connectivity index (χ1v) is 15.1. The van der Waals surface area contributed by atoms with E-state index < -0.39 is 0 Å². The molecule has 4 saturated carbocycles. The molecule has 0 amide bonds. The minimum absolute atomic E-state index is 0.308. The average molecular weight is 585 g/mol. The maximum Gasteiger partial charge on any atom is 0.222 e. The Morgan fingerprint density at radius 1 is 0.614 bits per heavy atom. The Bertz CT molecular complexity index is 1880. The van der Waals surface area contributed by atoms with Gasteiger partial charge < -0.3 is 22.1 Å². The molecule has 0 unspecified atom stereocenters. The standard InChI is InChI=1S/2C16H16N6/c2*17-15-19-12-7-9(11-3-6-18-22-11)1-2-10(12)14(21-15)20-13-8-16(13)4-5-16/h2*1-3,6-7,13H,4-5,8H2,(H,18,22)(H3,17,19,20,21)/t2*13-/m10/s1. The van der Waals surface area contributed by atoms with Gasteiger partial charge in [-0.1, -0.05) is 12.1 Å². The zero-order chi connectivity index (χ0) is 29.5. The maximum atomic E-state index is 5.89. The van der Waals surface area contributed by atoms with Crippen LogP contribution in [-0.2, 0) is 0 Å². The molecule has 4 aromatic heterocycles. The molecule has 0 radical (unpaired) electrons. The molecule has 12 nitrogen and oxygen atoms in total. The van der Waals surface area contributed by atoms with E-state index in [-0.39, 0.29) is 0 Å². The van der Waals surface area contributed by atoms with Crippen LogP contribution in [0.15, 0.2) is 60.9 Å². The Morgan fingerprint density at radius 3 is 1.43 bits per heavy atom. The minimum Gasteiger partial charge on any atom is -0.368 e. The summed E-state index contributed by atoms with van der Waals surface area (Å²) >= 11 is 0. The number of H-pyrrole nitrogens is 2. The first kappa shape index (κ1) is 25.3. The molecule has 4 aliphatic rings. The van der Waals surface area contributed by atoms with Crippen LogP contribution >= 0.6 is 0 Å². The van der Waals surface area contributed by atoms with Crippen molar-refractivity contribution in [2.24, 2.45) is 10.8 Å². The van der Waals surface area contributed by atoms with Gasteiger partial charge >= 0.3 is 0 Å². The highest BCUT2D eigenvalue weighted by Crippen LogP contribution is 2.67. The van der Waals surface area contributed by atoms with E-state index in [4.69, 9.17) is 11.5 Å². The van der Waals surface area contributed by atoms with E-state index >= 15 is 0 Å². The molecule has 2 atom stereocenters. The van der Waals surface area contributed by atoms with Crippen molar-refractivity contribution in [1.82, 2.24) is 40.3 Å². The Labute approximate surface area is 252 Å². The third-order valence-corrected chi connectivity index (χ3v) is 9.84. The van der Waals surface area contributed by atoms with E-state index in [0.717, 1.165) is 56.0 Å².